The number of allylic oxidation sites excluding steroid dienone is 1. The quantitative estimate of drug-likeness (QED) is 0.579. The van der Waals surface area contributed by atoms with Crippen molar-refractivity contribution in [2.75, 3.05) is 6.54 Å². The predicted molar refractivity (Wildman–Crippen MR) is 70.9 cm³/mol. The molecule has 0 atom stereocenters. The largest absolute Gasteiger partial charge is 0.314 e. The first-order valence-electron chi connectivity index (χ1n) is 6.61. The molecular weight excluding hydrogens is 210 g/mol. The Kier molecular flexibility index (Phi) is 4.37. The van der Waals surface area contributed by atoms with E-state index in [-0.39, 0.29) is 0 Å². The summed E-state index contributed by atoms with van der Waals surface area (Å²) in [5, 5.41) is 7.72. The molecule has 3 heteroatoms. The minimum absolute atomic E-state index is 0.832. The van der Waals surface area contributed by atoms with Crippen molar-refractivity contribution in [2.45, 2.75) is 45.1 Å². The van der Waals surface area contributed by atoms with Crippen LogP contribution in [0.3, 0.4) is 0 Å². The first-order chi connectivity index (χ1) is 8.25. The highest BCUT2D eigenvalue weighted by atomic mass is 15.2. The van der Waals surface area contributed by atoms with Gasteiger partial charge in [-0.15, -0.1) is 0 Å². The second-order valence-electron chi connectivity index (χ2n) is 5.01. The minimum Gasteiger partial charge on any atom is -0.314 e. The van der Waals surface area contributed by atoms with Crippen LogP contribution in [-0.2, 0) is 13.5 Å². The normalized spacial score (nSPS) is 16.5. The number of aryl methyl sites for hydroxylation is 2. The topological polar surface area (TPSA) is 29.9 Å². The van der Waals surface area contributed by atoms with E-state index in [4.69, 9.17) is 0 Å². The molecule has 17 heavy (non-hydrogen) atoms. The van der Waals surface area contributed by atoms with Gasteiger partial charge in [0.25, 0.3) is 0 Å². The second kappa shape index (κ2) is 6.01. The van der Waals surface area contributed by atoms with Crippen LogP contribution in [0, 0.1) is 0 Å². The summed E-state index contributed by atoms with van der Waals surface area (Å²) in [6, 6.07) is 2.93. The van der Waals surface area contributed by atoms with Crippen LogP contribution in [0.25, 0.3) is 0 Å². The van der Waals surface area contributed by atoms with Crippen LogP contribution >= 0.6 is 0 Å². The van der Waals surface area contributed by atoms with Gasteiger partial charge in [0.2, 0.25) is 0 Å². The van der Waals surface area contributed by atoms with Crippen LogP contribution in [0.1, 0.15) is 38.3 Å². The van der Waals surface area contributed by atoms with Gasteiger partial charge >= 0.3 is 0 Å². The van der Waals surface area contributed by atoms with E-state index in [1.165, 1.54) is 24.1 Å². The Bertz CT molecular complexity index is 375. The Morgan fingerprint density at radius 3 is 3.06 bits per heavy atom. The van der Waals surface area contributed by atoms with Gasteiger partial charge in [-0.3, -0.25) is 4.68 Å². The van der Waals surface area contributed by atoms with E-state index in [2.05, 4.69) is 29.5 Å². The van der Waals surface area contributed by atoms with Gasteiger partial charge in [-0.25, -0.2) is 0 Å². The number of hydrogen-bond acceptors (Lipinski definition) is 2. The van der Waals surface area contributed by atoms with Gasteiger partial charge in [0, 0.05) is 25.0 Å². The summed E-state index contributed by atoms with van der Waals surface area (Å²) in [4.78, 5) is 0. The Morgan fingerprint density at radius 2 is 2.41 bits per heavy atom. The fraction of sp³-hybridized carbons (Fsp3) is 0.643. The molecule has 1 aliphatic carbocycles. The van der Waals surface area contributed by atoms with Gasteiger partial charge < -0.3 is 5.32 Å². The smallest absolute Gasteiger partial charge is 0.0492 e. The van der Waals surface area contributed by atoms with Crippen molar-refractivity contribution in [1.82, 2.24) is 15.1 Å². The van der Waals surface area contributed by atoms with Crippen molar-refractivity contribution in [3.63, 3.8) is 0 Å². The van der Waals surface area contributed by atoms with E-state index < -0.39 is 0 Å². The maximum absolute atomic E-state index is 4.18. The maximum Gasteiger partial charge on any atom is 0.0492 e. The van der Waals surface area contributed by atoms with Gasteiger partial charge in [0.05, 0.1) is 0 Å². The fourth-order valence-corrected chi connectivity index (χ4v) is 1.97. The number of rotatable bonds is 7. The minimum atomic E-state index is 0.832. The summed E-state index contributed by atoms with van der Waals surface area (Å²) in [5.41, 5.74) is 2.80. The molecule has 0 unspecified atom stereocenters. The summed E-state index contributed by atoms with van der Waals surface area (Å²) in [6.45, 7) is 3.36. The summed E-state index contributed by atoms with van der Waals surface area (Å²) < 4.78 is 1.96. The first-order valence-corrected chi connectivity index (χ1v) is 6.61. The number of hydrogen-bond donors (Lipinski definition) is 1. The molecular formula is C14H23N3. The van der Waals surface area contributed by atoms with E-state index >= 15 is 0 Å². The molecule has 0 spiro atoms. The van der Waals surface area contributed by atoms with Crippen molar-refractivity contribution < 1.29 is 0 Å². The molecule has 0 amide bonds. The zero-order valence-corrected chi connectivity index (χ0v) is 10.9. The van der Waals surface area contributed by atoms with Crippen LogP contribution < -0.4 is 5.32 Å². The monoisotopic (exact) mass is 233 g/mol. The van der Waals surface area contributed by atoms with Crippen molar-refractivity contribution in [2.24, 2.45) is 7.05 Å². The zero-order chi connectivity index (χ0) is 12.1. The molecule has 1 aliphatic rings. The molecule has 0 radical (unpaired) electrons. The Balaban J connectivity index is 1.63. The number of aromatic nitrogens is 2. The first kappa shape index (κ1) is 12.4. The van der Waals surface area contributed by atoms with Crippen molar-refractivity contribution in [1.29, 1.82) is 0 Å². The SMILES string of the molecule is CC(=CCCNC1CC1)CCc1ccnn1C. The molecule has 3 nitrogen and oxygen atoms in total. The molecule has 1 heterocycles. The summed E-state index contributed by atoms with van der Waals surface area (Å²) in [5.74, 6) is 0. The maximum atomic E-state index is 4.18. The molecule has 1 aromatic rings. The molecule has 94 valence electrons. The van der Waals surface area contributed by atoms with Gasteiger partial charge in [0.15, 0.2) is 0 Å². The van der Waals surface area contributed by atoms with Gasteiger partial charge in [-0.05, 0) is 51.6 Å². The van der Waals surface area contributed by atoms with Crippen LogP contribution in [0.4, 0.5) is 0 Å². The Hall–Kier alpha value is -1.09. The number of nitrogens with zero attached hydrogens (tertiary/aromatic N) is 2. The van der Waals surface area contributed by atoms with Gasteiger partial charge in [-0.1, -0.05) is 11.6 Å². The third kappa shape index (κ3) is 4.35. The van der Waals surface area contributed by atoms with Crippen LogP contribution in [0.15, 0.2) is 23.9 Å². The van der Waals surface area contributed by atoms with Gasteiger partial charge in [-0.2, -0.15) is 5.10 Å². The van der Waals surface area contributed by atoms with Crippen molar-refractivity contribution >= 4 is 0 Å². The highest BCUT2D eigenvalue weighted by Crippen LogP contribution is 2.18. The highest BCUT2D eigenvalue weighted by Gasteiger charge is 2.19. The fourth-order valence-electron chi connectivity index (χ4n) is 1.97. The highest BCUT2D eigenvalue weighted by molar-refractivity contribution is 5.06. The second-order valence-corrected chi connectivity index (χ2v) is 5.01. The third-order valence-electron chi connectivity index (χ3n) is 3.35. The molecule has 0 bridgehead atoms. The summed E-state index contributed by atoms with van der Waals surface area (Å²) in [6.07, 6.45) is 10.4. The van der Waals surface area contributed by atoms with E-state index in [0.717, 1.165) is 31.8 Å². The lowest BCUT2D eigenvalue weighted by Crippen LogP contribution is -2.16. The predicted octanol–water partition coefficient (Wildman–Crippen LogP) is 2.44. The van der Waals surface area contributed by atoms with Crippen molar-refractivity contribution in [3.05, 3.63) is 29.6 Å². The van der Waals surface area contributed by atoms with Crippen LogP contribution in [0.2, 0.25) is 0 Å². The molecule has 2 rings (SSSR count). The van der Waals surface area contributed by atoms with E-state index in [1.807, 2.05) is 17.9 Å². The van der Waals surface area contributed by atoms with Crippen molar-refractivity contribution in [3.8, 4) is 0 Å². The standard InChI is InChI=1S/C14H23N3/c1-12(4-3-10-15-13-6-7-13)5-8-14-9-11-16-17(14)2/h4,9,11,13,15H,3,5-8,10H2,1-2H3. The average molecular weight is 233 g/mol. The van der Waals surface area contributed by atoms with Gasteiger partial charge in [0.1, 0.15) is 0 Å². The summed E-state index contributed by atoms with van der Waals surface area (Å²) in [7, 11) is 2.01. The molecule has 0 saturated heterocycles. The Labute approximate surface area is 104 Å². The molecule has 0 aromatic carbocycles. The van der Waals surface area contributed by atoms with E-state index in [1.54, 1.807) is 0 Å². The molecule has 1 fully saturated rings. The van der Waals surface area contributed by atoms with Crippen LogP contribution in [-0.4, -0.2) is 22.4 Å². The van der Waals surface area contributed by atoms with E-state index in [9.17, 15) is 0 Å². The molecule has 0 aliphatic heterocycles. The molecule has 1 saturated carbocycles. The third-order valence-corrected chi connectivity index (χ3v) is 3.35. The zero-order valence-electron chi connectivity index (χ0n) is 10.9. The lowest BCUT2D eigenvalue weighted by Gasteiger charge is -2.03. The lowest BCUT2D eigenvalue weighted by atomic mass is 10.1. The molecule has 1 N–H and O–H groups in total. The summed E-state index contributed by atoms with van der Waals surface area (Å²) >= 11 is 0. The van der Waals surface area contributed by atoms with Crippen LogP contribution in [0.5, 0.6) is 0 Å². The lowest BCUT2D eigenvalue weighted by molar-refractivity contribution is 0.684. The number of nitrogens with one attached hydrogen (secondary N) is 1. The Morgan fingerprint density at radius 1 is 1.59 bits per heavy atom. The average Bonchev–Trinajstić information content (AvgIpc) is 3.05. The molecule has 1 aromatic heterocycles. The van der Waals surface area contributed by atoms with E-state index in [0.29, 0.717) is 0 Å².